The van der Waals surface area contributed by atoms with Gasteiger partial charge in [-0.2, -0.15) is 8.78 Å². The molecule has 0 bridgehead atoms. The third-order valence-corrected chi connectivity index (χ3v) is 5.31. The van der Waals surface area contributed by atoms with Crippen molar-refractivity contribution in [2.45, 2.75) is 10.8 Å². The van der Waals surface area contributed by atoms with Crippen molar-refractivity contribution in [3.63, 3.8) is 0 Å². The summed E-state index contributed by atoms with van der Waals surface area (Å²) in [6.45, 7) is 4.75. The summed E-state index contributed by atoms with van der Waals surface area (Å²) in [4.78, 5) is 34.4. The molecule has 2 saturated heterocycles. The highest BCUT2D eigenvalue weighted by Crippen LogP contribution is 2.27. The molecule has 0 unspecified atom stereocenters. The van der Waals surface area contributed by atoms with Crippen LogP contribution in [0.15, 0.2) is 23.4 Å². The molecule has 0 saturated carbocycles. The van der Waals surface area contributed by atoms with E-state index in [0.29, 0.717) is 45.9 Å². The molecule has 2 amide bonds. The number of morpholine rings is 1. The number of thioether (sulfide) groups is 1. The Morgan fingerprint density at radius 2 is 1.78 bits per heavy atom. The van der Waals surface area contributed by atoms with Crippen molar-refractivity contribution in [2.75, 3.05) is 59.0 Å². The highest BCUT2D eigenvalue weighted by Gasteiger charge is 2.28. The number of carbonyl (C=O) groups excluding carboxylic acids is 2. The van der Waals surface area contributed by atoms with E-state index in [4.69, 9.17) is 4.74 Å². The number of aromatic nitrogens is 1. The zero-order chi connectivity index (χ0) is 19.2. The van der Waals surface area contributed by atoms with Crippen molar-refractivity contribution >= 4 is 23.6 Å². The molecular formula is C17H22F2N4O3S. The number of alkyl halides is 2. The molecule has 148 valence electrons. The molecule has 7 nitrogen and oxygen atoms in total. The second-order valence-electron chi connectivity index (χ2n) is 6.30. The predicted molar refractivity (Wildman–Crippen MR) is 95.8 cm³/mol. The van der Waals surface area contributed by atoms with Gasteiger partial charge in [0.15, 0.2) is 0 Å². The highest BCUT2D eigenvalue weighted by molar-refractivity contribution is 7.99. The molecule has 0 N–H and O–H groups in total. The number of ether oxygens (including phenoxy) is 1. The first-order valence-electron chi connectivity index (χ1n) is 8.81. The Hall–Kier alpha value is -1.78. The first-order valence-corrected chi connectivity index (χ1v) is 9.69. The van der Waals surface area contributed by atoms with E-state index in [2.05, 4.69) is 9.88 Å². The summed E-state index contributed by atoms with van der Waals surface area (Å²) in [5.41, 5.74) is 0.177. The molecule has 0 atom stereocenters. The summed E-state index contributed by atoms with van der Waals surface area (Å²) in [6.07, 6.45) is 1.39. The lowest BCUT2D eigenvalue weighted by molar-refractivity contribution is -0.134. The molecule has 3 heterocycles. The minimum absolute atomic E-state index is 0.0309. The van der Waals surface area contributed by atoms with Crippen LogP contribution in [0.4, 0.5) is 8.78 Å². The van der Waals surface area contributed by atoms with Gasteiger partial charge in [0, 0.05) is 45.5 Å². The van der Waals surface area contributed by atoms with Gasteiger partial charge in [0.1, 0.15) is 5.03 Å². The maximum absolute atomic E-state index is 12.7. The van der Waals surface area contributed by atoms with Gasteiger partial charge < -0.3 is 14.5 Å². The number of rotatable bonds is 5. The van der Waals surface area contributed by atoms with E-state index in [-0.39, 0.29) is 34.2 Å². The Morgan fingerprint density at radius 3 is 2.44 bits per heavy atom. The Balaban J connectivity index is 1.54. The summed E-state index contributed by atoms with van der Waals surface area (Å²) in [6, 6.07) is 3.07. The second-order valence-corrected chi connectivity index (χ2v) is 7.27. The van der Waals surface area contributed by atoms with E-state index in [1.165, 1.54) is 12.3 Å². The largest absolute Gasteiger partial charge is 0.379 e. The van der Waals surface area contributed by atoms with Crippen molar-refractivity contribution in [2.24, 2.45) is 0 Å². The number of pyridine rings is 1. The first kappa shape index (κ1) is 20.0. The first-order chi connectivity index (χ1) is 13.0. The van der Waals surface area contributed by atoms with Crippen LogP contribution in [0, 0.1) is 0 Å². The van der Waals surface area contributed by atoms with Gasteiger partial charge in [-0.15, -0.1) is 0 Å². The van der Waals surface area contributed by atoms with E-state index >= 15 is 0 Å². The minimum Gasteiger partial charge on any atom is -0.379 e. The van der Waals surface area contributed by atoms with Gasteiger partial charge in [-0.25, -0.2) is 4.98 Å². The summed E-state index contributed by atoms with van der Waals surface area (Å²) >= 11 is 0.270. The lowest BCUT2D eigenvalue weighted by Gasteiger charge is -2.36. The Bertz CT molecular complexity index is 665. The SMILES string of the molecule is O=C(CN1CCOCC1)N1CCN(C(=O)c2cccnc2SC(F)F)CC1. The maximum Gasteiger partial charge on any atom is 0.290 e. The van der Waals surface area contributed by atoms with Crippen LogP contribution in [0.3, 0.4) is 0 Å². The summed E-state index contributed by atoms with van der Waals surface area (Å²) in [5, 5.41) is 0.0309. The number of hydrogen-bond donors (Lipinski definition) is 0. The van der Waals surface area contributed by atoms with Gasteiger partial charge in [-0.1, -0.05) is 0 Å². The highest BCUT2D eigenvalue weighted by atomic mass is 32.2. The Morgan fingerprint density at radius 1 is 1.11 bits per heavy atom. The van der Waals surface area contributed by atoms with Gasteiger partial charge in [-0.3, -0.25) is 14.5 Å². The van der Waals surface area contributed by atoms with Gasteiger partial charge in [0.2, 0.25) is 5.91 Å². The molecule has 0 spiro atoms. The monoisotopic (exact) mass is 400 g/mol. The average Bonchev–Trinajstić information content (AvgIpc) is 2.68. The topological polar surface area (TPSA) is 66.0 Å². The number of halogens is 2. The fourth-order valence-corrected chi connectivity index (χ4v) is 3.68. The number of carbonyl (C=O) groups is 2. The third-order valence-electron chi connectivity index (χ3n) is 4.58. The van der Waals surface area contributed by atoms with Crippen LogP contribution >= 0.6 is 11.8 Å². The zero-order valence-electron chi connectivity index (χ0n) is 14.9. The Kier molecular flexibility index (Phi) is 6.97. The van der Waals surface area contributed by atoms with Crippen LogP contribution in [-0.4, -0.2) is 96.3 Å². The minimum atomic E-state index is -2.64. The van der Waals surface area contributed by atoms with Crippen molar-refractivity contribution < 1.29 is 23.1 Å². The quantitative estimate of drug-likeness (QED) is 0.688. The third kappa shape index (κ3) is 5.36. The number of nitrogens with zero attached hydrogens (tertiary/aromatic N) is 4. The molecule has 1 aromatic heterocycles. The molecular weight excluding hydrogens is 378 g/mol. The molecule has 2 fully saturated rings. The lowest BCUT2D eigenvalue weighted by atomic mass is 10.2. The van der Waals surface area contributed by atoms with Gasteiger partial charge >= 0.3 is 0 Å². The Labute approximate surface area is 160 Å². The lowest BCUT2D eigenvalue weighted by Crippen LogP contribution is -2.53. The van der Waals surface area contributed by atoms with Crippen molar-refractivity contribution in [1.29, 1.82) is 0 Å². The fourth-order valence-electron chi connectivity index (χ4n) is 3.11. The van der Waals surface area contributed by atoms with Crippen LogP contribution in [0.2, 0.25) is 0 Å². The molecule has 2 aliphatic rings. The molecule has 1 aromatic rings. The number of amides is 2. The van der Waals surface area contributed by atoms with Crippen LogP contribution in [0.1, 0.15) is 10.4 Å². The molecule has 3 rings (SSSR count). The molecule has 0 radical (unpaired) electrons. The van der Waals surface area contributed by atoms with Gasteiger partial charge in [-0.05, 0) is 23.9 Å². The molecule has 27 heavy (non-hydrogen) atoms. The molecule has 0 aromatic carbocycles. The average molecular weight is 400 g/mol. The summed E-state index contributed by atoms with van der Waals surface area (Å²) in [7, 11) is 0. The maximum atomic E-state index is 12.7. The van der Waals surface area contributed by atoms with Crippen LogP contribution < -0.4 is 0 Å². The van der Waals surface area contributed by atoms with Crippen molar-refractivity contribution in [1.82, 2.24) is 19.7 Å². The van der Waals surface area contributed by atoms with Crippen LogP contribution in [0.25, 0.3) is 0 Å². The normalized spacial score (nSPS) is 18.8. The summed E-state index contributed by atoms with van der Waals surface area (Å²) in [5.74, 6) is -2.92. The van der Waals surface area contributed by atoms with Crippen molar-refractivity contribution in [3.05, 3.63) is 23.9 Å². The molecule has 2 aliphatic heterocycles. The van der Waals surface area contributed by atoms with Crippen molar-refractivity contribution in [3.8, 4) is 0 Å². The second kappa shape index (κ2) is 9.43. The van der Waals surface area contributed by atoms with Crippen LogP contribution in [0.5, 0.6) is 0 Å². The predicted octanol–water partition coefficient (Wildman–Crippen LogP) is 1.01. The smallest absolute Gasteiger partial charge is 0.290 e. The number of piperazine rings is 1. The number of hydrogen-bond acceptors (Lipinski definition) is 6. The standard InChI is InChI=1S/C17H22F2N4O3S/c18-17(19)27-15-13(2-1-3-20-15)16(25)23-6-4-22(5-7-23)14(24)12-21-8-10-26-11-9-21/h1-3,17H,4-12H2. The van der Waals surface area contributed by atoms with Crippen LogP contribution in [-0.2, 0) is 9.53 Å². The zero-order valence-corrected chi connectivity index (χ0v) is 15.7. The van der Waals surface area contributed by atoms with E-state index in [9.17, 15) is 18.4 Å². The summed E-state index contributed by atoms with van der Waals surface area (Å²) < 4.78 is 30.6. The van der Waals surface area contributed by atoms with Gasteiger partial charge in [0.05, 0.1) is 25.3 Å². The molecule has 10 heteroatoms. The van der Waals surface area contributed by atoms with E-state index in [0.717, 1.165) is 13.1 Å². The fraction of sp³-hybridized carbons (Fsp3) is 0.588. The van der Waals surface area contributed by atoms with E-state index in [1.54, 1.807) is 15.9 Å². The molecule has 0 aliphatic carbocycles. The van der Waals surface area contributed by atoms with Gasteiger partial charge in [0.25, 0.3) is 11.7 Å². The van der Waals surface area contributed by atoms with E-state index < -0.39 is 5.76 Å². The van der Waals surface area contributed by atoms with E-state index in [1.807, 2.05) is 0 Å².